The lowest BCUT2D eigenvalue weighted by atomic mass is 10.1. The number of carbonyl (C=O) groups excluding carboxylic acids is 1. The number of Topliss-reactive ketones (excluding diaryl/α,β-unsaturated/α-hetero) is 1. The number of unbranched alkanes of at least 4 members (excludes halogenated alkanes) is 2. The molecular weight excluding hydrogens is 276 g/mol. The van der Waals surface area contributed by atoms with Crippen molar-refractivity contribution in [3.8, 4) is 0 Å². The van der Waals surface area contributed by atoms with Crippen molar-refractivity contribution in [2.45, 2.75) is 33.1 Å². The van der Waals surface area contributed by atoms with Gasteiger partial charge >= 0.3 is 0 Å². The zero-order valence-electron chi connectivity index (χ0n) is 13.1. The maximum absolute atomic E-state index is 11.3. The molecule has 0 unspecified atom stereocenters. The van der Waals surface area contributed by atoms with E-state index in [0.29, 0.717) is 11.5 Å². The summed E-state index contributed by atoms with van der Waals surface area (Å²) >= 11 is 0. The van der Waals surface area contributed by atoms with Gasteiger partial charge in [-0.25, -0.2) is 4.98 Å². The number of ketones is 1. The molecule has 0 saturated carbocycles. The fourth-order valence-corrected chi connectivity index (χ4v) is 2.03. The van der Waals surface area contributed by atoms with Gasteiger partial charge in [-0.1, -0.05) is 19.8 Å². The van der Waals surface area contributed by atoms with Crippen molar-refractivity contribution < 1.29 is 4.79 Å². The van der Waals surface area contributed by atoms with E-state index in [1.165, 1.54) is 12.8 Å². The molecule has 22 heavy (non-hydrogen) atoms. The lowest BCUT2D eigenvalue weighted by molar-refractivity contribution is 0.101. The molecule has 5 nitrogen and oxygen atoms in total. The Hall–Kier alpha value is -2.43. The van der Waals surface area contributed by atoms with Crippen LogP contribution in [-0.4, -0.2) is 22.3 Å². The van der Waals surface area contributed by atoms with Crippen LogP contribution in [0, 0.1) is 0 Å². The molecule has 0 saturated heterocycles. The molecule has 2 aromatic rings. The fourth-order valence-electron chi connectivity index (χ4n) is 2.03. The van der Waals surface area contributed by atoms with E-state index in [-0.39, 0.29) is 5.78 Å². The molecule has 1 aromatic heterocycles. The lowest BCUT2D eigenvalue weighted by Gasteiger charge is -2.08. The molecule has 0 bridgehead atoms. The van der Waals surface area contributed by atoms with E-state index < -0.39 is 0 Å². The van der Waals surface area contributed by atoms with E-state index in [9.17, 15) is 4.79 Å². The Kier molecular flexibility index (Phi) is 5.89. The summed E-state index contributed by atoms with van der Waals surface area (Å²) in [6.07, 6.45) is 5.28. The zero-order chi connectivity index (χ0) is 15.8. The fraction of sp³-hybridized carbons (Fsp3) is 0.353. The topological polar surface area (TPSA) is 66.9 Å². The quantitative estimate of drug-likeness (QED) is 0.569. The van der Waals surface area contributed by atoms with Crippen LogP contribution in [0.5, 0.6) is 0 Å². The van der Waals surface area contributed by atoms with E-state index in [4.69, 9.17) is 0 Å². The van der Waals surface area contributed by atoms with Gasteiger partial charge in [0.2, 0.25) is 5.95 Å². The summed E-state index contributed by atoms with van der Waals surface area (Å²) in [7, 11) is 0. The lowest BCUT2D eigenvalue weighted by Crippen LogP contribution is -2.05. The van der Waals surface area contributed by atoms with Crippen molar-refractivity contribution in [3.63, 3.8) is 0 Å². The molecule has 0 fully saturated rings. The predicted octanol–water partition coefficient (Wildman–Crippen LogP) is 4.02. The number of hydrogen-bond donors (Lipinski definition) is 2. The van der Waals surface area contributed by atoms with Crippen LogP contribution in [0.2, 0.25) is 0 Å². The Balaban J connectivity index is 1.96. The number of nitrogens with zero attached hydrogens (tertiary/aromatic N) is 2. The summed E-state index contributed by atoms with van der Waals surface area (Å²) in [6, 6.07) is 9.13. The second-order valence-corrected chi connectivity index (χ2v) is 5.16. The molecule has 0 aliphatic rings. The van der Waals surface area contributed by atoms with Crippen LogP contribution in [0.25, 0.3) is 0 Å². The van der Waals surface area contributed by atoms with Crippen LogP contribution in [0.3, 0.4) is 0 Å². The molecule has 2 N–H and O–H groups in total. The van der Waals surface area contributed by atoms with Gasteiger partial charge in [0.1, 0.15) is 5.82 Å². The molecule has 5 heteroatoms. The molecular formula is C17H22N4O. The largest absolute Gasteiger partial charge is 0.370 e. The van der Waals surface area contributed by atoms with Gasteiger partial charge in [-0.05, 0) is 43.7 Å². The van der Waals surface area contributed by atoms with Crippen molar-refractivity contribution >= 4 is 23.2 Å². The smallest absolute Gasteiger partial charge is 0.229 e. The second-order valence-electron chi connectivity index (χ2n) is 5.16. The number of benzene rings is 1. The number of rotatable bonds is 8. The van der Waals surface area contributed by atoms with E-state index >= 15 is 0 Å². The number of carbonyl (C=O) groups is 1. The van der Waals surface area contributed by atoms with E-state index in [0.717, 1.165) is 24.5 Å². The van der Waals surface area contributed by atoms with Crippen molar-refractivity contribution in [2.75, 3.05) is 17.2 Å². The van der Waals surface area contributed by atoms with E-state index in [1.807, 2.05) is 18.2 Å². The Bertz CT molecular complexity index is 610. The Morgan fingerprint density at radius 3 is 2.59 bits per heavy atom. The molecule has 0 atom stereocenters. The number of hydrogen-bond acceptors (Lipinski definition) is 5. The molecule has 2 rings (SSSR count). The maximum Gasteiger partial charge on any atom is 0.229 e. The van der Waals surface area contributed by atoms with Crippen molar-refractivity contribution in [3.05, 3.63) is 42.1 Å². The average Bonchev–Trinajstić information content (AvgIpc) is 2.52. The highest BCUT2D eigenvalue weighted by Crippen LogP contribution is 2.15. The van der Waals surface area contributed by atoms with Gasteiger partial charge < -0.3 is 10.6 Å². The Labute approximate surface area is 131 Å². The SMILES string of the molecule is CCCCCNc1ccnc(Nc2ccc(C(C)=O)cc2)n1. The molecule has 0 spiro atoms. The predicted molar refractivity (Wildman–Crippen MR) is 89.8 cm³/mol. The number of nitrogens with one attached hydrogen (secondary N) is 2. The highest BCUT2D eigenvalue weighted by atomic mass is 16.1. The average molecular weight is 298 g/mol. The van der Waals surface area contributed by atoms with Crippen LogP contribution < -0.4 is 10.6 Å². The molecule has 116 valence electrons. The van der Waals surface area contributed by atoms with Crippen LogP contribution in [0.15, 0.2) is 36.5 Å². The number of anilines is 3. The summed E-state index contributed by atoms with van der Waals surface area (Å²) in [6.45, 7) is 4.65. The third-order valence-corrected chi connectivity index (χ3v) is 3.29. The van der Waals surface area contributed by atoms with Gasteiger partial charge in [-0.2, -0.15) is 4.98 Å². The monoisotopic (exact) mass is 298 g/mol. The molecule has 1 aromatic carbocycles. The van der Waals surface area contributed by atoms with Crippen molar-refractivity contribution in [1.29, 1.82) is 0 Å². The Morgan fingerprint density at radius 2 is 1.91 bits per heavy atom. The summed E-state index contributed by atoms with van der Waals surface area (Å²) < 4.78 is 0. The van der Waals surface area contributed by atoms with Crippen LogP contribution in [0.1, 0.15) is 43.5 Å². The normalized spacial score (nSPS) is 10.3. The first-order valence-electron chi connectivity index (χ1n) is 7.64. The first-order chi connectivity index (χ1) is 10.7. The standard InChI is InChI=1S/C17H22N4O/c1-3-4-5-11-18-16-10-12-19-17(21-16)20-15-8-6-14(7-9-15)13(2)22/h6-10,12H,3-5,11H2,1-2H3,(H2,18,19,20,21). The van der Waals surface area contributed by atoms with E-state index in [1.54, 1.807) is 25.3 Å². The molecule has 0 aliphatic heterocycles. The minimum Gasteiger partial charge on any atom is -0.370 e. The number of aromatic nitrogens is 2. The van der Waals surface area contributed by atoms with E-state index in [2.05, 4.69) is 27.5 Å². The van der Waals surface area contributed by atoms with Gasteiger partial charge in [0.05, 0.1) is 0 Å². The molecule has 0 aliphatic carbocycles. The van der Waals surface area contributed by atoms with Gasteiger partial charge in [0.15, 0.2) is 5.78 Å². The highest BCUT2D eigenvalue weighted by Gasteiger charge is 2.02. The third-order valence-electron chi connectivity index (χ3n) is 3.29. The summed E-state index contributed by atoms with van der Waals surface area (Å²) in [5, 5.41) is 6.43. The molecule has 0 radical (unpaired) electrons. The van der Waals surface area contributed by atoms with Gasteiger partial charge in [0.25, 0.3) is 0 Å². The van der Waals surface area contributed by atoms with Gasteiger partial charge in [-0.15, -0.1) is 0 Å². The van der Waals surface area contributed by atoms with Crippen LogP contribution in [0.4, 0.5) is 17.5 Å². The zero-order valence-corrected chi connectivity index (χ0v) is 13.1. The summed E-state index contributed by atoms with van der Waals surface area (Å²) in [4.78, 5) is 19.9. The Morgan fingerprint density at radius 1 is 1.14 bits per heavy atom. The minimum absolute atomic E-state index is 0.0566. The summed E-state index contributed by atoms with van der Waals surface area (Å²) in [5.74, 6) is 1.41. The van der Waals surface area contributed by atoms with Crippen LogP contribution in [-0.2, 0) is 0 Å². The second kappa shape index (κ2) is 8.12. The maximum atomic E-state index is 11.3. The molecule has 0 amide bonds. The molecule has 1 heterocycles. The minimum atomic E-state index is 0.0566. The van der Waals surface area contributed by atoms with Crippen molar-refractivity contribution in [2.24, 2.45) is 0 Å². The highest BCUT2D eigenvalue weighted by molar-refractivity contribution is 5.94. The first kappa shape index (κ1) is 15.9. The van der Waals surface area contributed by atoms with Crippen LogP contribution >= 0.6 is 0 Å². The summed E-state index contributed by atoms with van der Waals surface area (Å²) in [5.41, 5.74) is 1.55. The first-order valence-corrected chi connectivity index (χ1v) is 7.64. The van der Waals surface area contributed by atoms with Crippen molar-refractivity contribution in [1.82, 2.24) is 9.97 Å². The van der Waals surface area contributed by atoms with Gasteiger partial charge in [0, 0.05) is 24.0 Å². The van der Waals surface area contributed by atoms with Gasteiger partial charge in [-0.3, -0.25) is 4.79 Å². The third kappa shape index (κ3) is 4.84.